The van der Waals surface area contributed by atoms with E-state index in [-0.39, 0.29) is 6.61 Å². The average Bonchev–Trinajstić information content (AvgIpc) is 2.62. The van der Waals surface area contributed by atoms with E-state index in [1.54, 1.807) is 0 Å². The quantitative estimate of drug-likeness (QED) is 0.638. The van der Waals surface area contributed by atoms with Gasteiger partial charge in [-0.1, -0.05) is 0 Å². The second-order valence-electron chi connectivity index (χ2n) is 3.86. The van der Waals surface area contributed by atoms with Gasteiger partial charge in [0.25, 0.3) is 0 Å². The minimum absolute atomic E-state index is 0.0193. The van der Waals surface area contributed by atoms with E-state index in [2.05, 4.69) is 0 Å². The van der Waals surface area contributed by atoms with Gasteiger partial charge < -0.3 is 23.7 Å². The van der Waals surface area contributed by atoms with E-state index in [1.807, 2.05) is 0 Å². The molecule has 1 fully saturated rings. The zero-order chi connectivity index (χ0) is 13.7. The lowest BCUT2D eigenvalue weighted by atomic mass is 10.1. The van der Waals surface area contributed by atoms with Crippen molar-refractivity contribution >= 4 is 11.9 Å². The Bertz CT molecular complexity index is 304. The van der Waals surface area contributed by atoms with Crippen LogP contribution in [0.3, 0.4) is 0 Å². The normalized spacial score (nSPS) is 31.1. The highest BCUT2D eigenvalue weighted by Crippen LogP contribution is 2.27. The summed E-state index contributed by atoms with van der Waals surface area (Å²) in [5.74, 6) is -0.900. The van der Waals surface area contributed by atoms with Gasteiger partial charge in [-0.25, -0.2) is 0 Å². The summed E-state index contributed by atoms with van der Waals surface area (Å²) in [6.07, 6.45) is -2.43. The molecular formula is C11H18O7. The van der Waals surface area contributed by atoms with Crippen molar-refractivity contribution in [3.05, 3.63) is 0 Å². The predicted molar refractivity (Wildman–Crippen MR) is 58.7 cm³/mol. The number of rotatable bonds is 5. The van der Waals surface area contributed by atoms with Crippen molar-refractivity contribution in [3.8, 4) is 0 Å². The van der Waals surface area contributed by atoms with Gasteiger partial charge in [-0.3, -0.25) is 9.59 Å². The third-order valence-corrected chi connectivity index (χ3v) is 2.54. The number of hydrogen-bond acceptors (Lipinski definition) is 7. The summed E-state index contributed by atoms with van der Waals surface area (Å²) in [7, 11) is 2.95. The van der Waals surface area contributed by atoms with E-state index in [0.717, 1.165) is 0 Å². The summed E-state index contributed by atoms with van der Waals surface area (Å²) in [5, 5.41) is 0. The van der Waals surface area contributed by atoms with E-state index in [0.29, 0.717) is 0 Å². The van der Waals surface area contributed by atoms with Gasteiger partial charge in [-0.05, 0) is 0 Å². The van der Waals surface area contributed by atoms with Crippen LogP contribution in [-0.2, 0) is 33.3 Å². The van der Waals surface area contributed by atoms with E-state index in [9.17, 15) is 9.59 Å². The van der Waals surface area contributed by atoms with Gasteiger partial charge in [-0.15, -0.1) is 0 Å². The third-order valence-electron chi connectivity index (χ3n) is 2.54. The lowest BCUT2D eigenvalue weighted by Gasteiger charge is -2.20. The summed E-state index contributed by atoms with van der Waals surface area (Å²) in [6, 6.07) is 0. The first-order valence-electron chi connectivity index (χ1n) is 5.51. The molecule has 18 heavy (non-hydrogen) atoms. The Hall–Kier alpha value is -1.18. The van der Waals surface area contributed by atoms with Crippen molar-refractivity contribution in [2.24, 2.45) is 0 Å². The van der Waals surface area contributed by atoms with Crippen LogP contribution in [0.25, 0.3) is 0 Å². The van der Waals surface area contributed by atoms with Gasteiger partial charge in [0.2, 0.25) is 6.29 Å². The molecule has 0 N–H and O–H groups in total. The molecule has 1 aliphatic rings. The van der Waals surface area contributed by atoms with Crippen LogP contribution in [0.15, 0.2) is 0 Å². The maximum Gasteiger partial charge on any atom is 0.305 e. The molecule has 0 aliphatic carbocycles. The maximum absolute atomic E-state index is 10.9. The largest absolute Gasteiger partial charge is 0.463 e. The third kappa shape index (κ3) is 3.66. The SMILES string of the molecule is CO[C@H]1[C@H](COC(C)=O)OC(OC(C)=O)[C@H]1OC. The standard InChI is InChI=1S/C11H18O7/c1-6(12)16-5-8-9(14-3)10(15-4)11(18-8)17-7(2)13/h8-11H,5H2,1-4H3/t8-,9-,10-,11?/m0/s1. The Kier molecular flexibility index (Phi) is 5.52. The highest BCUT2D eigenvalue weighted by Gasteiger charge is 2.47. The molecule has 0 aromatic carbocycles. The first kappa shape index (κ1) is 14.9. The highest BCUT2D eigenvalue weighted by molar-refractivity contribution is 5.66. The zero-order valence-corrected chi connectivity index (χ0v) is 10.9. The molecule has 0 saturated carbocycles. The molecule has 4 atom stereocenters. The number of carbonyl (C=O) groups is 2. The Morgan fingerprint density at radius 3 is 2.11 bits per heavy atom. The molecule has 1 saturated heterocycles. The fourth-order valence-electron chi connectivity index (χ4n) is 1.82. The minimum Gasteiger partial charge on any atom is -0.463 e. The van der Waals surface area contributed by atoms with Crippen molar-refractivity contribution in [1.29, 1.82) is 0 Å². The fourth-order valence-corrected chi connectivity index (χ4v) is 1.82. The molecule has 0 amide bonds. The van der Waals surface area contributed by atoms with Gasteiger partial charge in [0, 0.05) is 28.1 Å². The van der Waals surface area contributed by atoms with Crippen LogP contribution in [0, 0.1) is 0 Å². The van der Waals surface area contributed by atoms with Crippen molar-refractivity contribution in [2.45, 2.75) is 38.4 Å². The van der Waals surface area contributed by atoms with Crippen LogP contribution < -0.4 is 0 Å². The van der Waals surface area contributed by atoms with Gasteiger partial charge in [-0.2, -0.15) is 0 Å². The zero-order valence-electron chi connectivity index (χ0n) is 10.9. The van der Waals surface area contributed by atoms with Crippen LogP contribution in [-0.4, -0.2) is 57.4 Å². The molecule has 0 bridgehead atoms. The average molecular weight is 262 g/mol. The number of ether oxygens (including phenoxy) is 5. The molecule has 1 heterocycles. The molecule has 0 radical (unpaired) electrons. The van der Waals surface area contributed by atoms with Gasteiger partial charge >= 0.3 is 11.9 Å². The molecule has 0 aromatic heterocycles. The Labute approximate surface area is 105 Å². The molecule has 7 nitrogen and oxygen atoms in total. The highest BCUT2D eigenvalue weighted by atomic mass is 16.7. The summed E-state index contributed by atoms with van der Waals surface area (Å²) in [5.41, 5.74) is 0. The fraction of sp³-hybridized carbons (Fsp3) is 0.818. The van der Waals surface area contributed by atoms with Gasteiger partial charge in [0.05, 0.1) is 0 Å². The minimum atomic E-state index is -0.863. The van der Waals surface area contributed by atoms with Crippen LogP contribution >= 0.6 is 0 Å². The molecule has 1 rings (SSSR count). The van der Waals surface area contributed by atoms with Crippen molar-refractivity contribution in [3.63, 3.8) is 0 Å². The first-order chi connectivity index (χ1) is 8.49. The monoisotopic (exact) mass is 262 g/mol. The van der Waals surface area contributed by atoms with Crippen LogP contribution in [0.2, 0.25) is 0 Å². The smallest absolute Gasteiger partial charge is 0.305 e. The number of carbonyl (C=O) groups excluding carboxylic acids is 2. The lowest BCUT2D eigenvalue weighted by molar-refractivity contribution is -0.191. The van der Waals surface area contributed by atoms with Crippen molar-refractivity contribution in [1.82, 2.24) is 0 Å². The molecular weight excluding hydrogens is 244 g/mol. The van der Waals surface area contributed by atoms with Gasteiger partial charge in [0.1, 0.15) is 24.9 Å². The summed E-state index contributed by atoms with van der Waals surface area (Å²) in [4.78, 5) is 21.7. The first-order valence-corrected chi connectivity index (χ1v) is 5.51. The van der Waals surface area contributed by atoms with E-state index in [1.165, 1.54) is 28.1 Å². The summed E-state index contributed by atoms with van der Waals surface area (Å²) in [6.45, 7) is 2.59. The van der Waals surface area contributed by atoms with Crippen LogP contribution in [0.4, 0.5) is 0 Å². The van der Waals surface area contributed by atoms with Crippen molar-refractivity contribution < 1.29 is 33.3 Å². The molecule has 1 unspecified atom stereocenters. The molecule has 0 aromatic rings. The van der Waals surface area contributed by atoms with Crippen LogP contribution in [0.5, 0.6) is 0 Å². The number of hydrogen-bond donors (Lipinski definition) is 0. The van der Waals surface area contributed by atoms with Gasteiger partial charge in [0.15, 0.2) is 0 Å². The Morgan fingerprint density at radius 1 is 1.06 bits per heavy atom. The van der Waals surface area contributed by atoms with E-state index in [4.69, 9.17) is 23.7 Å². The topological polar surface area (TPSA) is 80.3 Å². The lowest BCUT2D eigenvalue weighted by Crippen LogP contribution is -2.38. The van der Waals surface area contributed by atoms with E-state index < -0.39 is 36.5 Å². The Balaban J connectivity index is 2.68. The maximum atomic E-state index is 10.9. The molecule has 0 spiro atoms. The molecule has 7 heteroatoms. The summed E-state index contributed by atoms with van der Waals surface area (Å²) >= 11 is 0. The predicted octanol–water partition coefficient (Wildman–Crippen LogP) is -0.133. The summed E-state index contributed by atoms with van der Waals surface area (Å²) < 4.78 is 25.7. The molecule has 104 valence electrons. The number of esters is 2. The second-order valence-corrected chi connectivity index (χ2v) is 3.86. The van der Waals surface area contributed by atoms with Crippen molar-refractivity contribution in [2.75, 3.05) is 20.8 Å². The van der Waals surface area contributed by atoms with E-state index >= 15 is 0 Å². The second kappa shape index (κ2) is 6.67. The Morgan fingerprint density at radius 2 is 1.67 bits per heavy atom. The molecule has 1 aliphatic heterocycles. The number of methoxy groups -OCH3 is 2. The van der Waals surface area contributed by atoms with Crippen LogP contribution in [0.1, 0.15) is 13.8 Å².